The van der Waals surface area contributed by atoms with E-state index in [-0.39, 0.29) is 5.91 Å². The minimum atomic E-state index is -0.508. The third kappa shape index (κ3) is 5.50. The number of carbonyl (C=O) groups is 2. The molecule has 0 aromatic heterocycles. The molecule has 126 valence electrons. The summed E-state index contributed by atoms with van der Waals surface area (Å²) in [5, 5.41) is 5.74. The summed E-state index contributed by atoms with van der Waals surface area (Å²) in [7, 11) is 0. The fraction of sp³-hybridized carbons (Fsp3) is 0.882. The Morgan fingerprint density at radius 1 is 1.09 bits per heavy atom. The van der Waals surface area contributed by atoms with Gasteiger partial charge in [-0.25, -0.2) is 4.79 Å². The number of hydrogen-bond acceptors (Lipinski definition) is 3. The highest BCUT2D eigenvalue weighted by Gasteiger charge is 2.34. The second-order valence-corrected chi connectivity index (χ2v) is 7.71. The highest BCUT2D eigenvalue weighted by atomic mass is 16.6. The van der Waals surface area contributed by atoms with Crippen molar-refractivity contribution in [1.82, 2.24) is 10.6 Å². The van der Waals surface area contributed by atoms with Gasteiger partial charge in [0.15, 0.2) is 0 Å². The van der Waals surface area contributed by atoms with Gasteiger partial charge in [-0.05, 0) is 51.9 Å². The molecule has 0 radical (unpaired) electrons. The van der Waals surface area contributed by atoms with E-state index < -0.39 is 11.7 Å². The Bertz CT molecular complexity index is 403. The number of amides is 2. The molecule has 0 saturated heterocycles. The lowest BCUT2D eigenvalue weighted by Gasteiger charge is -2.32. The summed E-state index contributed by atoms with van der Waals surface area (Å²) in [4.78, 5) is 23.5. The second kappa shape index (κ2) is 7.34. The molecule has 5 heteroatoms. The molecule has 2 rings (SSSR count). The van der Waals surface area contributed by atoms with E-state index in [1.807, 2.05) is 20.8 Å². The van der Waals surface area contributed by atoms with Crippen LogP contribution in [0.25, 0.3) is 0 Å². The van der Waals surface area contributed by atoms with Crippen LogP contribution in [0, 0.1) is 11.8 Å². The molecule has 2 aliphatic rings. The number of hydrogen-bond donors (Lipinski definition) is 2. The van der Waals surface area contributed by atoms with Crippen molar-refractivity contribution in [2.24, 2.45) is 11.8 Å². The molecule has 0 aromatic rings. The maximum atomic E-state index is 12.0. The van der Waals surface area contributed by atoms with Gasteiger partial charge in [0.1, 0.15) is 5.60 Å². The van der Waals surface area contributed by atoms with Gasteiger partial charge >= 0.3 is 6.09 Å². The monoisotopic (exact) mass is 310 g/mol. The average molecular weight is 310 g/mol. The molecule has 5 nitrogen and oxygen atoms in total. The molecule has 0 aliphatic heterocycles. The summed E-state index contributed by atoms with van der Waals surface area (Å²) in [6.45, 7) is 5.77. The van der Waals surface area contributed by atoms with E-state index >= 15 is 0 Å². The minimum absolute atomic E-state index is 0.0255. The van der Waals surface area contributed by atoms with Gasteiger partial charge in [0, 0.05) is 19.0 Å². The SMILES string of the molecule is CC(C)(C)OC(=O)NCCC(=O)NC1CCC2CCCC2C1. The van der Waals surface area contributed by atoms with Gasteiger partial charge < -0.3 is 15.4 Å². The van der Waals surface area contributed by atoms with Gasteiger partial charge in [-0.1, -0.05) is 19.3 Å². The lowest BCUT2D eigenvalue weighted by molar-refractivity contribution is -0.122. The highest BCUT2D eigenvalue weighted by molar-refractivity contribution is 5.77. The summed E-state index contributed by atoms with van der Waals surface area (Å²) >= 11 is 0. The van der Waals surface area contributed by atoms with Gasteiger partial charge in [-0.15, -0.1) is 0 Å². The normalized spacial score (nSPS) is 27.9. The Balaban J connectivity index is 1.61. The van der Waals surface area contributed by atoms with Crippen molar-refractivity contribution in [2.75, 3.05) is 6.54 Å². The Morgan fingerprint density at radius 2 is 1.82 bits per heavy atom. The number of fused-ring (bicyclic) bond motifs is 1. The average Bonchev–Trinajstić information content (AvgIpc) is 2.83. The van der Waals surface area contributed by atoms with Crippen LogP contribution in [0.4, 0.5) is 4.79 Å². The first-order valence-corrected chi connectivity index (χ1v) is 8.60. The topological polar surface area (TPSA) is 67.4 Å². The number of alkyl carbamates (subject to hydrolysis) is 1. The van der Waals surface area contributed by atoms with E-state index in [0.717, 1.165) is 24.7 Å². The molecule has 2 amide bonds. The van der Waals surface area contributed by atoms with E-state index in [4.69, 9.17) is 4.74 Å². The first-order valence-electron chi connectivity index (χ1n) is 8.60. The quantitative estimate of drug-likeness (QED) is 0.839. The first-order chi connectivity index (χ1) is 10.3. The molecule has 3 atom stereocenters. The van der Waals surface area contributed by atoms with E-state index in [9.17, 15) is 9.59 Å². The van der Waals surface area contributed by atoms with Crippen LogP contribution in [-0.2, 0) is 9.53 Å². The Morgan fingerprint density at radius 3 is 2.55 bits per heavy atom. The van der Waals surface area contributed by atoms with Crippen LogP contribution in [0.1, 0.15) is 65.7 Å². The molecular formula is C17H30N2O3. The predicted octanol–water partition coefficient (Wildman–Crippen LogP) is 2.99. The lowest BCUT2D eigenvalue weighted by Crippen LogP contribution is -2.41. The maximum Gasteiger partial charge on any atom is 0.407 e. The van der Waals surface area contributed by atoms with Gasteiger partial charge in [-0.2, -0.15) is 0 Å². The van der Waals surface area contributed by atoms with Gasteiger partial charge in [-0.3, -0.25) is 4.79 Å². The molecular weight excluding hydrogens is 280 g/mol. The Labute approximate surface area is 133 Å². The van der Waals surface area contributed by atoms with E-state index in [1.54, 1.807) is 0 Å². The van der Waals surface area contributed by atoms with Crippen molar-refractivity contribution in [1.29, 1.82) is 0 Å². The second-order valence-electron chi connectivity index (χ2n) is 7.71. The Kier molecular flexibility index (Phi) is 5.70. The fourth-order valence-electron chi connectivity index (χ4n) is 3.73. The van der Waals surface area contributed by atoms with Crippen molar-refractivity contribution in [3.05, 3.63) is 0 Å². The summed E-state index contributed by atoms with van der Waals surface area (Å²) in [6, 6.07) is 0.327. The molecule has 0 spiro atoms. The van der Waals surface area contributed by atoms with Gasteiger partial charge in [0.05, 0.1) is 0 Å². The van der Waals surface area contributed by atoms with Crippen LogP contribution in [0.5, 0.6) is 0 Å². The van der Waals surface area contributed by atoms with E-state index in [0.29, 0.717) is 19.0 Å². The number of nitrogens with one attached hydrogen (secondary N) is 2. The summed E-state index contributed by atoms with van der Waals surface area (Å²) in [5.74, 6) is 1.75. The molecule has 2 saturated carbocycles. The van der Waals surface area contributed by atoms with Crippen LogP contribution in [0.3, 0.4) is 0 Å². The zero-order valence-corrected chi connectivity index (χ0v) is 14.1. The molecule has 0 aromatic carbocycles. The summed E-state index contributed by atoms with van der Waals surface area (Å²) in [5.41, 5.74) is -0.508. The smallest absolute Gasteiger partial charge is 0.407 e. The summed E-state index contributed by atoms with van der Waals surface area (Å²) < 4.78 is 5.14. The molecule has 2 aliphatic carbocycles. The number of carbonyl (C=O) groups excluding carboxylic acids is 2. The molecule has 3 unspecified atom stereocenters. The minimum Gasteiger partial charge on any atom is -0.444 e. The van der Waals surface area contributed by atoms with E-state index in [2.05, 4.69) is 10.6 Å². The molecule has 0 bridgehead atoms. The van der Waals surface area contributed by atoms with Crippen LogP contribution in [0.2, 0.25) is 0 Å². The Hall–Kier alpha value is -1.26. The molecule has 22 heavy (non-hydrogen) atoms. The molecule has 0 heterocycles. The van der Waals surface area contributed by atoms with Crippen molar-refractivity contribution < 1.29 is 14.3 Å². The molecule has 2 fully saturated rings. The standard InChI is InChI=1S/C17H30N2O3/c1-17(2,3)22-16(21)18-10-9-15(20)19-14-8-7-12-5-4-6-13(12)11-14/h12-14H,4-11H2,1-3H3,(H,18,21)(H,19,20). The lowest BCUT2D eigenvalue weighted by atomic mass is 9.79. The first kappa shape index (κ1) is 17.1. The fourth-order valence-corrected chi connectivity index (χ4v) is 3.73. The van der Waals surface area contributed by atoms with Crippen molar-refractivity contribution in [3.63, 3.8) is 0 Å². The van der Waals surface area contributed by atoms with Crippen molar-refractivity contribution >= 4 is 12.0 Å². The third-order valence-electron chi connectivity index (χ3n) is 4.68. The zero-order chi connectivity index (χ0) is 16.2. The largest absolute Gasteiger partial charge is 0.444 e. The summed E-state index contributed by atoms with van der Waals surface area (Å²) in [6.07, 6.45) is 7.41. The van der Waals surface area contributed by atoms with Crippen LogP contribution >= 0.6 is 0 Å². The highest BCUT2D eigenvalue weighted by Crippen LogP contribution is 2.41. The maximum absolute atomic E-state index is 12.0. The van der Waals surface area contributed by atoms with Crippen LogP contribution in [0.15, 0.2) is 0 Å². The van der Waals surface area contributed by atoms with Gasteiger partial charge in [0.25, 0.3) is 0 Å². The van der Waals surface area contributed by atoms with Crippen LogP contribution in [-0.4, -0.2) is 30.2 Å². The molecule has 2 N–H and O–H groups in total. The number of ether oxygens (including phenoxy) is 1. The van der Waals surface area contributed by atoms with Gasteiger partial charge in [0.2, 0.25) is 5.91 Å². The van der Waals surface area contributed by atoms with E-state index in [1.165, 1.54) is 25.7 Å². The zero-order valence-electron chi connectivity index (χ0n) is 14.1. The van der Waals surface area contributed by atoms with Crippen molar-refractivity contribution in [2.45, 2.75) is 77.4 Å². The number of rotatable bonds is 4. The predicted molar refractivity (Wildman–Crippen MR) is 85.5 cm³/mol. The third-order valence-corrected chi connectivity index (χ3v) is 4.68. The van der Waals surface area contributed by atoms with Crippen molar-refractivity contribution in [3.8, 4) is 0 Å². The van der Waals surface area contributed by atoms with Crippen LogP contribution < -0.4 is 10.6 Å².